The van der Waals surface area contributed by atoms with Crippen molar-refractivity contribution >= 4 is 23.2 Å². The maximum Gasteiger partial charge on any atom is 0.0624 e. The third kappa shape index (κ3) is 3.99. The van der Waals surface area contributed by atoms with Crippen LogP contribution in [0.1, 0.15) is 30.5 Å². The van der Waals surface area contributed by atoms with Gasteiger partial charge in [-0.1, -0.05) is 72.6 Å². The SMILES string of the molecule is CCNC(CCc1cccc(Cl)c1Cl)c1ccccc1. The Balaban J connectivity index is 2.08. The summed E-state index contributed by atoms with van der Waals surface area (Å²) in [5, 5.41) is 4.83. The minimum absolute atomic E-state index is 0.344. The number of halogens is 2. The Labute approximate surface area is 130 Å². The summed E-state index contributed by atoms with van der Waals surface area (Å²) in [7, 11) is 0. The first-order valence-electron chi connectivity index (χ1n) is 6.93. The Bertz CT molecular complexity index is 540. The fraction of sp³-hybridized carbons (Fsp3) is 0.294. The maximum absolute atomic E-state index is 6.25. The summed E-state index contributed by atoms with van der Waals surface area (Å²) in [5.41, 5.74) is 2.42. The minimum atomic E-state index is 0.344. The van der Waals surface area contributed by atoms with Crippen LogP contribution in [0, 0.1) is 0 Å². The van der Waals surface area contributed by atoms with E-state index in [0.717, 1.165) is 24.9 Å². The van der Waals surface area contributed by atoms with Gasteiger partial charge in [-0.2, -0.15) is 0 Å². The summed E-state index contributed by atoms with van der Waals surface area (Å²) in [6.07, 6.45) is 1.91. The molecule has 2 aromatic rings. The van der Waals surface area contributed by atoms with Crippen molar-refractivity contribution in [2.75, 3.05) is 6.54 Å². The van der Waals surface area contributed by atoms with Gasteiger partial charge in [-0.25, -0.2) is 0 Å². The van der Waals surface area contributed by atoms with Crippen molar-refractivity contribution in [2.45, 2.75) is 25.8 Å². The lowest BCUT2D eigenvalue weighted by atomic mass is 9.99. The second-order valence-corrected chi connectivity index (χ2v) is 5.56. The van der Waals surface area contributed by atoms with Gasteiger partial charge in [-0.05, 0) is 36.6 Å². The van der Waals surface area contributed by atoms with Crippen LogP contribution >= 0.6 is 23.2 Å². The molecular formula is C17H19Cl2N. The Kier molecular flexibility index (Phi) is 5.90. The number of hydrogen-bond donors (Lipinski definition) is 1. The molecule has 1 N–H and O–H groups in total. The van der Waals surface area contributed by atoms with Crippen molar-refractivity contribution in [1.29, 1.82) is 0 Å². The fourth-order valence-corrected chi connectivity index (χ4v) is 2.77. The molecule has 0 saturated carbocycles. The Hall–Kier alpha value is -1.02. The van der Waals surface area contributed by atoms with Gasteiger partial charge in [-0.15, -0.1) is 0 Å². The molecule has 0 bridgehead atoms. The summed E-state index contributed by atoms with van der Waals surface area (Å²) < 4.78 is 0. The van der Waals surface area contributed by atoms with E-state index in [0.29, 0.717) is 16.1 Å². The molecular weight excluding hydrogens is 289 g/mol. The molecule has 0 heterocycles. The molecule has 1 atom stereocenters. The van der Waals surface area contributed by atoms with Crippen molar-refractivity contribution < 1.29 is 0 Å². The highest BCUT2D eigenvalue weighted by Gasteiger charge is 2.11. The van der Waals surface area contributed by atoms with Crippen LogP contribution in [0.25, 0.3) is 0 Å². The van der Waals surface area contributed by atoms with Crippen LogP contribution in [0.3, 0.4) is 0 Å². The van der Waals surface area contributed by atoms with E-state index in [9.17, 15) is 0 Å². The minimum Gasteiger partial charge on any atom is -0.310 e. The predicted octanol–water partition coefficient (Wildman–Crippen LogP) is 5.28. The Morgan fingerprint density at radius 2 is 1.75 bits per heavy atom. The molecule has 20 heavy (non-hydrogen) atoms. The van der Waals surface area contributed by atoms with Crippen LogP contribution in [0.15, 0.2) is 48.5 Å². The van der Waals surface area contributed by atoms with Crippen LogP contribution in [-0.4, -0.2) is 6.54 Å². The van der Waals surface area contributed by atoms with Crippen molar-refractivity contribution in [1.82, 2.24) is 5.32 Å². The topological polar surface area (TPSA) is 12.0 Å². The molecule has 0 fully saturated rings. The average molecular weight is 308 g/mol. The highest BCUT2D eigenvalue weighted by atomic mass is 35.5. The van der Waals surface area contributed by atoms with E-state index < -0.39 is 0 Å². The summed E-state index contributed by atoms with van der Waals surface area (Å²) in [5.74, 6) is 0. The maximum atomic E-state index is 6.25. The molecule has 0 aliphatic heterocycles. The molecule has 0 aliphatic carbocycles. The molecule has 0 amide bonds. The predicted molar refractivity (Wildman–Crippen MR) is 87.6 cm³/mol. The van der Waals surface area contributed by atoms with Gasteiger partial charge >= 0.3 is 0 Å². The van der Waals surface area contributed by atoms with Crippen molar-refractivity contribution in [2.24, 2.45) is 0 Å². The van der Waals surface area contributed by atoms with E-state index in [4.69, 9.17) is 23.2 Å². The third-order valence-electron chi connectivity index (χ3n) is 3.39. The second kappa shape index (κ2) is 7.68. The Morgan fingerprint density at radius 3 is 2.45 bits per heavy atom. The fourth-order valence-electron chi connectivity index (χ4n) is 2.36. The van der Waals surface area contributed by atoms with Crippen molar-refractivity contribution in [3.63, 3.8) is 0 Å². The number of benzene rings is 2. The zero-order chi connectivity index (χ0) is 14.4. The number of nitrogens with one attached hydrogen (secondary N) is 1. The zero-order valence-electron chi connectivity index (χ0n) is 11.6. The first-order chi connectivity index (χ1) is 9.72. The summed E-state index contributed by atoms with van der Waals surface area (Å²) in [6, 6.07) is 16.7. The molecule has 2 rings (SSSR count). The lowest BCUT2D eigenvalue weighted by molar-refractivity contribution is 0.515. The van der Waals surface area contributed by atoms with Gasteiger partial charge in [0.1, 0.15) is 0 Å². The first kappa shape index (κ1) is 15.4. The lowest BCUT2D eigenvalue weighted by Crippen LogP contribution is -2.21. The van der Waals surface area contributed by atoms with Gasteiger partial charge < -0.3 is 5.32 Å². The van der Waals surface area contributed by atoms with E-state index in [1.165, 1.54) is 5.56 Å². The molecule has 0 spiro atoms. The monoisotopic (exact) mass is 307 g/mol. The van der Waals surface area contributed by atoms with E-state index in [1.54, 1.807) is 0 Å². The Morgan fingerprint density at radius 1 is 1.00 bits per heavy atom. The standard InChI is InChI=1S/C17H19Cl2N/c1-2-20-16(13-7-4-3-5-8-13)12-11-14-9-6-10-15(18)17(14)19/h3-10,16,20H,2,11-12H2,1H3. The van der Waals surface area contributed by atoms with E-state index in [1.807, 2.05) is 24.3 Å². The first-order valence-corrected chi connectivity index (χ1v) is 7.69. The highest BCUT2D eigenvalue weighted by molar-refractivity contribution is 6.42. The van der Waals surface area contributed by atoms with E-state index >= 15 is 0 Å². The molecule has 3 heteroatoms. The van der Waals surface area contributed by atoms with Crippen LogP contribution in [0.5, 0.6) is 0 Å². The summed E-state index contributed by atoms with van der Waals surface area (Å²) >= 11 is 12.3. The second-order valence-electron chi connectivity index (χ2n) is 4.77. The lowest BCUT2D eigenvalue weighted by Gasteiger charge is -2.18. The van der Waals surface area contributed by atoms with Crippen LogP contribution in [0.4, 0.5) is 0 Å². The zero-order valence-corrected chi connectivity index (χ0v) is 13.1. The quantitative estimate of drug-likeness (QED) is 0.766. The van der Waals surface area contributed by atoms with Crippen molar-refractivity contribution in [3.8, 4) is 0 Å². The van der Waals surface area contributed by atoms with Crippen LogP contribution < -0.4 is 5.32 Å². The molecule has 1 nitrogen and oxygen atoms in total. The summed E-state index contributed by atoms with van der Waals surface area (Å²) in [6.45, 7) is 3.07. The average Bonchev–Trinajstić information content (AvgIpc) is 2.48. The smallest absolute Gasteiger partial charge is 0.0624 e. The molecule has 0 radical (unpaired) electrons. The normalized spacial score (nSPS) is 12.3. The van der Waals surface area contributed by atoms with E-state index in [-0.39, 0.29) is 0 Å². The molecule has 0 aliphatic rings. The number of hydrogen-bond acceptors (Lipinski definition) is 1. The highest BCUT2D eigenvalue weighted by Crippen LogP contribution is 2.28. The van der Waals surface area contributed by atoms with Gasteiger partial charge in [0.25, 0.3) is 0 Å². The largest absolute Gasteiger partial charge is 0.310 e. The van der Waals surface area contributed by atoms with Gasteiger partial charge in [-0.3, -0.25) is 0 Å². The van der Waals surface area contributed by atoms with E-state index in [2.05, 4.69) is 36.5 Å². The van der Waals surface area contributed by atoms with Crippen LogP contribution in [-0.2, 0) is 6.42 Å². The van der Waals surface area contributed by atoms with Crippen molar-refractivity contribution in [3.05, 3.63) is 69.7 Å². The molecule has 0 aromatic heterocycles. The molecule has 1 unspecified atom stereocenters. The molecule has 2 aromatic carbocycles. The van der Waals surface area contributed by atoms with Crippen LogP contribution in [0.2, 0.25) is 10.0 Å². The van der Waals surface area contributed by atoms with Gasteiger partial charge in [0.15, 0.2) is 0 Å². The van der Waals surface area contributed by atoms with Gasteiger partial charge in [0.2, 0.25) is 0 Å². The molecule has 106 valence electrons. The number of aryl methyl sites for hydroxylation is 1. The molecule has 0 saturated heterocycles. The third-order valence-corrected chi connectivity index (χ3v) is 4.24. The number of rotatable bonds is 6. The van der Waals surface area contributed by atoms with Gasteiger partial charge in [0, 0.05) is 6.04 Å². The van der Waals surface area contributed by atoms with Gasteiger partial charge in [0.05, 0.1) is 10.0 Å². The summed E-state index contributed by atoms with van der Waals surface area (Å²) in [4.78, 5) is 0.